The molecule has 0 aromatic carbocycles. The van der Waals surface area contributed by atoms with Crippen LogP contribution in [0.2, 0.25) is 4.47 Å². The van der Waals surface area contributed by atoms with E-state index in [1.54, 1.807) is 6.20 Å². The van der Waals surface area contributed by atoms with Crippen LogP contribution in [0.3, 0.4) is 0 Å². The molecule has 13 heavy (non-hydrogen) atoms. The molecule has 2 heterocycles. The van der Waals surface area contributed by atoms with E-state index < -0.39 is 0 Å². The van der Waals surface area contributed by atoms with Gasteiger partial charge in [-0.25, -0.2) is 4.98 Å². The minimum atomic E-state index is 0.546. The topological polar surface area (TPSA) is 41.7 Å². The summed E-state index contributed by atoms with van der Waals surface area (Å²) in [5.74, 6) is 0. The van der Waals surface area contributed by atoms with Crippen LogP contribution in [0.4, 0.5) is 0 Å². The van der Waals surface area contributed by atoms with Gasteiger partial charge in [-0.15, -0.1) is 22.7 Å². The van der Waals surface area contributed by atoms with E-state index in [2.05, 4.69) is 4.98 Å². The Labute approximate surface area is 87.8 Å². The van der Waals surface area contributed by atoms with Crippen molar-refractivity contribution in [3.05, 3.63) is 31.9 Å². The molecule has 0 unspecified atom stereocenters. The zero-order valence-corrected chi connectivity index (χ0v) is 8.92. The summed E-state index contributed by atoms with van der Waals surface area (Å²) in [6.07, 6.45) is 3.64. The minimum Gasteiger partial charge on any atom is -0.319 e. The molecule has 0 aliphatic carbocycles. The zero-order chi connectivity index (χ0) is 9.26. The van der Waals surface area contributed by atoms with Gasteiger partial charge >= 0.3 is 0 Å². The van der Waals surface area contributed by atoms with Crippen molar-refractivity contribution in [3.63, 3.8) is 0 Å². The lowest BCUT2D eigenvalue weighted by molar-refractivity contribution is 0.768. The molecule has 0 aliphatic heterocycles. The molecule has 6 heteroatoms. The van der Waals surface area contributed by atoms with Crippen molar-refractivity contribution in [2.75, 3.05) is 0 Å². The number of thiazole rings is 2. The number of rotatable bonds is 2. The smallest absolute Gasteiger partial charge is 0.183 e. The Balaban J connectivity index is 2.24. The molecule has 0 aliphatic rings. The molecule has 0 amide bonds. The molecule has 0 saturated heterocycles. The van der Waals surface area contributed by atoms with Gasteiger partial charge in [0.25, 0.3) is 0 Å². The molecule has 0 fully saturated rings. The van der Waals surface area contributed by atoms with Crippen molar-refractivity contribution in [1.82, 2.24) is 9.55 Å². The lowest BCUT2D eigenvalue weighted by Crippen LogP contribution is -2.11. The third-order valence-electron chi connectivity index (χ3n) is 1.53. The summed E-state index contributed by atoms with van der Waals surface area (Å²) in [6.45, 7) is 0.687. The van der Waals surface area contributed by atoms with E-state index in [1.165, 1.54) is 22.7 Å². The van der Waals surface area contributed by atoms with Gasteiger partial charge < -0.3 is 4.57 Å². The first-order valence-corrected chi connectivity index (χ1v) is 5.62. The molecule has 0 bridgehead atoms. The highest BCUT2D eigenvalue weighted by molar-refractivity contribution is 7.15. The van der Waals surface area contributed by atoms with Crippen LogP contribution in [0.25, 0.3) is 0 Å². The van der Waals surface area contributed by atoms with E-state index in [0.29, 0.717) is 15.8 Å². The second-order valence-electron chi connectivity index (χ2n) is 2.42. The second kappa shape index (κ2) is 3.61. The van der Waals surface area contributed by atoms with E-state index in [9.17, 15) is 0 Å². The summed E-state index contributed by atoms with van der Waals surface area (Å²) >= 11 is 8.56. The predicted octanol–water partition coefficient (Wildman–Crippen LogP) is 2.19. The molecule has 0 saturated carbocycles. The first-order chi connectivity index (χ1) is 6.25. The third-order valence-corrected chi connectivity index (χ3v) is 3.35. The Morgan fingerprint density at radius 1 is 1.62 bits per heavy atom. The third kappa shape index (κ3) is 1.99. The van der Waals surface area contributed by atoms with Gasteiger partial charge in [0.1, 0.15) is 0 Å². The number of halogens is 1. The standard InChI is InChI=1S/C7H6ClN3S2/c8-6-10-3-5(13-6)4-11-1-2-12-7(11)9/h1-3,9H,4H2. The predicted molar refractivity (Wildman–Crippen MR) is 54.4 cm³/mol. The molecule has 0 atom stereocenters. The largest absolute Gasteiger partial charge is 0.319 e. The van der Waals surface area contributed by atoms with Gasteiger partial charge in [0.2, 0.25) is 0 Å². The molecule has 1 N–H and O–H groups in total. The summed E-state index contributed by atoms with van der Waals surface area (Å²) in [5, 5.41) is 9.43. The first-order valence-electron chi connectivity index (χ1n) is 3.54. The van der Waals surface area contributed by atoms with Crippen molar-refractivity contribution >= 4 is 34.3 Å². The van der Waals surface area contributed by atoms with Crippen LogP contribution < -0.4 is 4.80 Å². The van der Waals surface area contributed by atoms with Crippen molar-refractivity contribution < 1.29 is 0 Å². The highest BCUT2D eigenvalue weighted by Gasteiger charge is 2.00. The highest BCUT2D eigenvalue weighted by atomic mass is 35.5. The fourth-order valence-corrected chi connectivity index (χ4v) is 2.53. The SMILES string of the molecule is N=c1sccn1Cc1cnc(Cl)s1. The Morgan fingerprint density at radius 3 is 3.00 bits per heavy atom. The van der Waals surface area contributed by atoms with Crippen molar-refractivity contribution in [1.29, 1.82) is 5.41 Å². The van der Waals surface area contributed by atoms with Crippen LogP contribution in [0.15, 0.2) is 17.8 Å². The van der Waals surface area contributed by atoms with Crippen LogP contribution in [-0.4, -0.2) is 9.55 Å². The van der Waals surface area contributed by atoms with E-state index in [4.69, 9.17) is 17.0 Å². The number of hydrogen-bond donors (Lipinski definition) is 1. The highest BCUT2D eigenvalue weighted by Crippen LogP contribution is 2.18. The maximum atomic E-state index is 7.54. The number of nitrogens with zero attached hydrogens (tertiary/aromatic N) is 2. The summed E-state index contributed by atoms with van der Waals surface area (Å²) in [7, 11) is 0. The minimum absolute atomic E-state index is 0.546. The molecule has 0 spiro atoms. The monoisotopic (exact) mass is 231 g/mol. The van der Waals surface area contributed by atoms with E-state index in [1.807, 2.05) is 16.1 Å². The van der Waals surface area contributed by atoms with Crippen LogP contribution in [0.1, 0.15) is 4.88 Å². The Morgan fingerprint density at radius 2 is 2.46 bits per heavy atom. The zero-order valence-electron chi connectivity index (χ0n) is 6.53. The fourth-order valence-electron chi connectivity index (χ4n) is 0.953. The van der Waals surface area contributed by atoms with E-state index >= 15 is 0 Å². The van der Waals surface area contributed by atoms with Crippen molar-refractivity contribution in [2.45, 2.75) is 6.54 Å². The molecule has 68 valence electrons. The second-order valence-corrected chi connectivity index (χ2v) is 5.01. The van der Waals surface area contributed by atoms with E-state index in [0.717, 1.165) is 4.88 Å². The van der Waals surface area contributed by atoms with Gasteiger partial charge in [0.15, 0.2) is 9.27 Å². The molecule has 2 aromatic heterocycles. The van der Waals surface area contributed by atoms with Crippen molar-refractivity contribution in [2.24, 2.45) is 0 Å². The van der Waals surface area contributed by atoms with Gasteiger partial charge in [-0.2, -0.15) is 0 Å². The van der Waals surface area contributed by atoms with Crippen LogP contribution in [0.5, 0.6) is 0 Å². The average molecular weight is 232 g/mol. The summed E-state index contributed by atoms with van der Waals surface area (Å²) < 4.78 is 2.41. The van der Waals surface area contributed by atoms with Crippen LogP contribution in [-0.2, 0) is 6.54 Å². The van der Waals surface area contributed by atoms with Crippen LogP contribution in [0, 0.1) is 5.41 Å². The quantitative estimate of drug-likeness (QED) is 0.846. The number of aromatic nitrogens is 2. The molecule has 2 aromatic rings. The van der Waals surface area contributed by atoms with Gasteiger partial charge in [-0.05, 0) is 0 Å². The lowest BCUT2D eigenvalue weighted by atomic mass is 10.5. The summed E-state index contributed by atoms with van der Waals surface area (Å²) in [4.78, 5) is 5.56. The molecular weight excluding hydrogens is 226 g/mol. The van der Waals surface area contributed by atoms with Crippen LogP contribution >= 0.6 is 34.3 Å². The fraction of sp³-hybridized carbons (Fsp3) is 0.143. The molecular formula is C7H6ClN3S2. The average Bonchev–Trinajstić information content (AvgIpc) is 2.64. The summed E-state index contributed by atoms with van der Waals surface area (Å²) in [5.41, 5.74) is 0. The van der Waals surface area contributed by atoms with Crippen molar-refractivity contribution in [3.8, 4) is 0 Å². The molecule has 0 radical (unpaired) electrons. The molecule has 3 nitrogen and oxygen atoms in total. The Hall–Kier alpha value is -0.650. The Bertz CT molecular complexity index is 456. The maximum Gasteiger partial charge on any atom is 0.183 e. The maximum absolute atomic E-state index is 7.54. The first kappa shape index (κ1) is 8.93. The number of hydrogen-bond acceptors (Lipinski definition) is 4. The summed E-state index contributed by atoms with van der Waals surface area (Å²) in [6, 6.07) is 0. The lowest BCUT2D eigenvalue weighted by Gasteiger charge is -1.96. The molecule has 2 rings (SSSR count). The van der Waals surface area contributed by atoms with E-state index in [-0.39, 0.29) is 0 Å². The van der Waals surface area contributed by atoms with Gasteiger partial charge in [-0.1, -0.05) is 11.6 Å². The number of nitrogens with one attached hydrogen (secondary N) is 1. The Kier molecular flexibility index (Phi) is 2.48. The van der Waals surface area contributed by atoms with Gasteiger partial charge in [-0.3, -0.25) is 5.41 Å². The van der Waals surface area contributed by atoms with Gasteiger partial charge in [0.05, 0.1) is 6.54 Å². The van der Waals surface area contributed by atoms with Gasteiger partial charge in [0, 0.05) is 22.7 Å². The normalized spacial score (nSPS) is 10.5.